The van der Waals surface area contributed by atoms with E-state index in [4.69, 9.17) is 4.74 Å². The third-order valence-electron chi connectivity index (χ3n) is 4.25. The zero-order valence-corrected chi connectivity index (χ0v) is 12.4. The number of methoxy groups -OCH3 is 1. The van der Waals surface area contributed by atoms with Gasteiger partial charge >= 0.3 is 0 Å². The lowest BCUT2D eigenvalue weighted by atomic mass is 9.73. The molecule has 1 N–H and O–H groups in total. The summed E-state index contributed by atoms with van der Waals surface area (Å²) >= 11 is 1.68. The SMILES string of the molecule is CCNC(Cc1cn2ccsc2n1)C1(OC)CCC1. The van der Waals surface area contributed by atoms with Crippen molar-refractivity contribution in [1.82, 2.24) is 14.7 Å². The maximum absolute atomic E-state index is 5.82. The van der Waals surface area contributed by atoms with Crippen molar-refractivity contribution in [2.45, 2.75) is 44.2 Å². The van der Waals surface area contributed by atoms with Crippen molar-refractivity contribution >= 4 is 16.3 Å². The molecule has 0 spiro atoms. The van der Waals surface area contributed by atoms with Crippen molar-refractivity contribution in [2.24, 2.45) is 0 Å². The van der Waals surface area contributed by atoms with Gasteiger partial charge in [0.1, 0.15) is 0 Å². The number of fused-ring (bicyclic) bond motifs is 1. The molecule has 0 amide bonds. The van der Waals surface area contributed by atoms with Crippen molar-refractivity contribution in [3.8, 4) is 0 Å². The van der Waals surface area contributed by atoms with Crippen LogP contribution in [0.25, 0.3) is 4.96 Å². The predicted octanol–water partition coefficient (Wildman–Crippen LogP) is 2.49. The van der Waals surface area contributed by atoms with E-state index in [2.05, 4.69) is 39.4 Å². The van der Waals surface area contributed by atoms with E-state index in [-0.39, 0.29) is 5.60 Å². The van der Waals surface area contributed by atoms with Crippen LogP contribution in [0.5, 0.6) is 0 Å². The Morgan fingerprint density at radius 1 is 1.58 bits per heavy atom. The van der Waals surface area contributed by atoms with Crippen molar-refractivity contribution in [3.05, 3.63) is 23.5 Å². The maximum atomic E-state index is 5.82. The Morgan fingerprint density at radius 2 is 2.42 bits per heavy atom. The van der Waals surface area contributed by atoms with Crippen LogP contribution in [-0.2, 0) is 11.2 Å². The van der Waals surface area contributed by atoms with Gasteiger partial charge in [0, 0.05) is 37.3 Å². The number of thiazole rings is 1. The highest BCUT2D eigenvalue weighted by Crippen LogP contribution is 2.39. The van der Waals surface area contributed by atoms with Crippen molar-refractivity contribution < 1.29 is 4.74 Å². The first-order valence-corrected chi connectivity index (χ1v) is 7.85. The number of imidazole rings is 1. The van der Waals surface area contributed by atoms with E-state index in [1.807, 2.05) is 7.11 Å². The van der Waals surface area contributed by atoms with E-state index >= 15 is 0 Å². The third-order valence-corrected chi connectivity index (χ3v) is 5.02. The number of likely N-dealkylation sites (N-methyl/N-ethyl adjacent to an activating group) is 1. The minimum Gasteiger partial charge on any atom is -0.377 e. The monoisotopic (exact) mass is 279 g/mol. The molecule has 1 fully saturated rings. The van der Waals surface area contributed by atoms with Gasteiger partial charge in [0.25, 0.3) is 0 Å². The second-order valence-electron chi connectivity index (χ2n) is 5.26. The second-order valence-corrected chi connectivity index (χ2v) is 6.13. The van der Waals surface area contributed by atoms with E-state index in [9.17, 15) is 0 Å². The molecule has 1 saturated carbocycles. The molecule has 5 heteroatoms. The molecule has 104 valence electrons. The van der Waals surface area contributed by atoms with Crippen LogP contribution in [-0.4, -0.2) is 34.7 Å². The maximum Gasteiger partial charge on any atom is 0.193 e. The number of aromatic nitrogens is 2. The van der Waals surface area contributed by atoms with Gasteiger partial charge in [-0.15, -0.1) is 11.3 Å². The van der Waals surface area contributed by atoms with Crippen molar-refractivity contribution in [2.75, 3.05) is 13.7 Å². The molecule has 3 rings (SSSR count). The summed E-state index contributed by atoms with van der Waals surface area (Å²) in [7, 11) is 1.84. The molecule has 0 aliphatic heterocycles. The predicted molar refractivity (Wildman–Crippen MR) is 77.8 cm³/mol. The average Bonchev–Trinajstić information content (AvgIpc) is 2.89. The van der Waals surface area contributed by atoms with Gasteiger partial charge in [0.2, 0.25) is 0 Å². The highest BCUT2D eigenvalue weighted by atomic mass is 32.1. The molecule has 19 heavy (non-hydrogen) atoms. The van der Waals surface area contributed by atoms with E-state index in [0.717, 1.165) is 36.5 Å². The van der Waals surface area contributed by atoms with Gasteiger partial charge in [-0.25, -0.2) is 4.98 Å². The smallest absolute Gasteiger partial charge is 0.193 e. The topological polar surface area (TPSA) is 38.6 Å². The normalized spacial score (nSPS) is 19.5. The molecule has 4 nitrogen and oxygen atoms in total. The van der Waals surface area contributed by atoms with Crippen LogP contribution < -0.4 is 5.32 Å². The van der Waals surface area contributed by atoms with E-state index < -0.39 is 0 Å². The number of nitrogens with one attached hydrogen (secondary N) is 1. The molecule has 0 aromatic carbocycles. The molecule has 0 bridgehead atoms. The van der Waals surface area contributed by atoms with Crippen LogP contribution in [0, 0.1) is 0 Å². The van der Waals surface area contributed by atoms with Gasteiger partial charge in [0.05, 0.1) is 11.3 Å². The summed E-state index contributed by atoms with van der Waals surface area (Å²) in [6.45, 7) is 3.12. The number of hydrogen-bond acceptors (Lipinski definition) is 4. The Hall–Kier alpha value is -0.910. The van der Waals surface area contributed by atoms with Crippen LogP contribution in [0.2, 0.25) is 0 Å². The standard InChI is InChI=1S/C14H21N3OS/c1-3-15-12(14(18-2)5-4-6-14)9-11-10-17-7-8-19-13(17)16-11/h7-8,10,12,15H,3-6,9H2,1-2H3. The summed E-state index contributed by atoms with van der Waals surface area (Å²) in [5.74, 6) is 0. The second kappa shape index (κ2) is 5.23. The lowest BCUT2D eigenvalue weighted by Gasteiger charge is -2.46. The van der Waals surface area contributed by atoms with Gasteiger partial charge in [-0.1, -0.05) is 6.92 Å². The number of nitrogens with zero attached hydrogens (tertiary/aromatic N) is 2. The number of ether oxygens (including phenoxy) is 1. The number of hydrogen-bond donors (Lipinski definition) is 1. The molecular weight excluding hydrogens is 258 g/mol. The van der Waals surface area contributed by atoms with Crippen molar-refractivity contribution in [1.29, 1.82) is 0 Å². The zero-order valence-electron chi connectivity index (χ0n) is 11.6. The van der Waals surface area contributed by atoms with Crippen LogP contribution in [0.15, 0.2) is 17.8 Å². The lowest BCUT2D eigenvalue weighted by molar-refractivity contribution is -0.0979. The lowest BCUT2D eigenvalue weighted by Crippen LogP contribution is -2.57. The average molecular weight is 279 g/mol. The first kappa shape index (κ1) is 13.1. The Labute approximate surface area is 117 Å². The highest BCUT2D eigenvalue weighted by molar-refractivity contribution is 7.15. The highest BCUT2D eigenvalue weighted by Gasteiger charge is 2.44. The Bertz CT molecular complexity index is 510. The third kappa shape index (κ3) is 2.30. The first-order chi connectivity index (χ1) is 9.27. The molecule has 1 unspecified atom stereocenters. The quantitative estimate of drug-likeness (QED) is 0.883. The molecule has 1 atom stereocenters. The Kier molecular flexibility index (Phi) is 3.60. The Balaban J connectivity index is 1.79. The van der Waals surface area contributed by atoms with Gasteiger partial charge in [0.15, 0.2) is 4.96 Å². The van der Waals surface area contributed by atoms with E-state index in [0.29, 0.717) is 6.04 Å². The van der Waals surface area contributed by atoms with E-state index in [1.54, 1.807) is 11.3 Å². The molecular formula is C14H21N3OS. The van der Waals surface area contributed by atoms with Crippen LogP contribution in [0.1, 0.15) is 31.9 Å². The fraction of sp³-hybridized carbons (Fsp3) is 0.643. The minimum absolute atomic E-state index is 0.0209. The summed E-state index contributed by atoms with van der Waals surface area (Å²) < 4.78 is 7.92. The summed E-state index contributed by atoms with van der Waals surface area (Å²) in [6, 6.07) is 0.362. The fourth-order valence-corrected chi connectivity index (χ4v) is 3.71. The van der Waals surface area contributed by atoms with Crippen LogP contribution in [0.3, 0.4) is 0 Å². The fourth-order valence-electron chi connectivity index (χ4n) is 2.99. The molecule has 1 aliphatic carbocycles. The van der Waals surface area contributed by atoms with E-state index in [1.165, 1.54) is 6.42 Å². The van der Waals surface area contributed by atoms with Crippen LogP contribution >= 0.6 is 11.3 Å². The minimum atomic E-state index is 0.0209. The van der Waals surface area contributed by atoms with Gasteiger partial charge in [-0.2, -0.15) is 0 Å². The molecule has 1 aliphatic rings. The van der Waals surface area contributed by atoms with Gasteiger partial charge in [-0.3, -0.25) is 4.40 Å². The summed E-state index contributed by atoms with van der Waals surface area (Å²) in [4.78, 5) is 5.76. The molecule has 0 radical (unpaired) electrons. The molecule has 2 aromatic rings. The molecule has 2 heterocycles. The summed E-state index contributed by atoms with van der Waals surface area (Å²) in [6.07, 6.45) is 8.73. The van der Waals surface area contributed by atoms with Crippen LogP contribution in [0.4, 0.5) is 0 Å². The summed E-state index contributed by atoms with van der Waals surface area (Å²) in [5, 5.41) is 5.66. The molecule has 0 saturated heterocycles. The number of rotatable bonds is 6. The van der Waals surface area contributed by atoms with Crippen molar-refractivity contribution in [3.63, 3.8) is 0 Å². The first-order valence-electron chi connectivity index (χ1n) is 6.97. The largest absolute Gasteiger partial charge is 0.377 e. The molecule has 2 aromatic heterocycles. The zero-order chi connectivity index (χ0) is 13.3. The summed E-state index contributed by atoms with van der Waals surface area (Å²) in [5.41, 5.74) is 1.17. The van der Waals surface area contributed by atoms with Gasteiger partial charge in [-0.05, 0) is 25.8 Å². The van der Waals surface area contributed by atoms with Gasteiger partial charge < -0.3 is 10.1 Å². The Morgan fingerprint density at radius 3 is 3.00 bits per heavy atom.